The monoisotopic (exact) mass is 216 g/mol. The van der Waals surface area contributed by atoms with E-state index >= 15 is 0 Å². The van der Waals surface area contributed by atoms with Crippen molar-refractivity contribution in [3.05, 3.63) is 0 Å². The quantitative estimate of drug-likeness (QED) is 0.657. The maximum Gasteiger partial charge on any atom is 0.232 e. The molecule has 0 atom stereocenters. The van der Waals surface area contributed by atoms with Crippen LogP contribution in [-0.2, 0) is 4.79 Å². The van der Waals surface area contributed by atoms with Gasteiger partial charge in [0.15, 0.2) is 0 Å². The maximum atomic E-state index is 11.4. The van der Waals surface area contributed by atoms with Crippen LogP contribution in [0.1, 0.15) is 20.8 Å². The van der Waals surface area contributed by atoms with E-state index in [4.69, 9.17) is 0 Å². The van der Waals surface area contributed by atoms with Gasteiger partial charge in [0.05, 0.1) is 5.75 Å². The number of rotatable bonds is 1. The minimum atomic E-state index is 0.155. The Morgan fingerprint density at radius 1 is 1.21 bits per heavy atom. The second-order valence-corrected chi connectivity index (χ2v) is 5.01. The van der Waals surface area contributed by atoms with Crippen LogP contribution in [0.2, 0.25) is 0 Å². The molecule has 1 heterocycles. The van der Waals surface area contributed by atoms with Crippen LogP contribution >= 0.6 is 12.6 Å². The Morgan fingerprint density at radius 2 is 1.71 bits per heavy atom. The number of amides is 1. The van der Waals surface area contributed by atoms with E-state index < -0.39 is 0 Å². The van der Waals surface area contributed by atoms with Crippen molar-refractivity contribution in [1.29, 1.82) is 0 Å². The first-order valence-corrected chi connectivity index (χ1v) is 5.72. The largest absolute Gasteiger partial charge is 0.339 e. The molecule has 1 aliphatic heterocycles. The van der Waals surface area contributed by atoms with Gasteiger partial charge in [-0.1, -0.05) is 0 Å². The Balaban J connectivity index is 2.43. The van der Waals surface area contributed by atoms with Crippen molar-refractivity contribution in [3.63, 3.8) is 0 Å². The predicted molar refractivity (Wildman–Crippen MR) is 61.8 cm³/mol. The number of piperazine rings is 1. The number of nitrogens with zero attached hydrogens (tertiary/aromatic N) is 2. The Morgan fingerprint density at radius 3 is 2.07 bits per heavy atom. The van der Waals surface area contributed by atoms with E-state index in [9.17, 15) is 4.79 Å². The molecule has 0 aromatic rings. The number of hydrogen-bond donors (Lipinski definition) is 1. The van der Waals surface area contributed by atoms with Gasteiger partial charge in [0.2, 0.25) is 5.91 Å². The summed E-state index contributed by atoms with van der Waals surface area (Å²) in [6.07, 6.45) is 0. The summed E-state index contributed by atoms with van der Waals surface area (Å²) >= 11 is 4.00. The summed E-state index contributed by atoms with van der Waals surface area (Å²) in [5, 5.41) is 0. The standard InChI is InChI=1S/C10H20N2OS/c1-10(2,3)12-6-4-11(5-7-12)9(13)8-14/h14H,4-8H2,1-3H3. The van der Waals surface area contributed by atoms with Crippen LogP contribution in [0.3, 0.4) is 0 Å². The van der Waals surface area contributed by atoms with Crippen molar-refractivity contribution in [1.82, 2.24) is 9.80 Å². The molecule has 1 fully saturated rings. The number of carbonyl (C=O) groups excluding carboxylic acids is 1. The molecule has 0 unspecified atom stereocenters. The van der Waals surface area contributed by atoms with Crippen molar-refractivity contribution in [2.75, 3.05) is 31.9 Å². The molecule has 1 saturated heterocycles. The third-order valence-corrected chi connectivity index (χ3v) is 2.99. The molecule has 82 valence electrons. The SMILES string of the molecule is CC(C)(C)N1CCN(C(=O)CS)CC1. The summed E-state index contributed by atoms with van der Waals surface area (Å²) in [6.45, 7) is 10.3. The fourth-order valence-electron chi connectivity index (χ4n) is 1.73. The lowest BCUT2D eigenvalue weighted by Crippen LogP contribution is -2.54. The topological polar surface area (TPSA) is 23.6 Å². The lowest BCUT2D eigenvalue weighted by molar-refractivity contribution is -0.130. The highest BCUT2D eigenvalue weighted by Gasteiger charge is 2.26. The molecule has 1 rings (SSSR count). The first kappa shape index (κ1) is 11.9. The van der Waals surface area contributed by atoms with Crippen LogP contribution in [0.4, 0.5) is 0 Å². The highest BCUT2D eigenvalue weighted by Crippen LogP contribution is 2.15. The van der Waals surface area contributed by atoms with E-state index in [0.717, 1.165) is 26.2 Å². The maximum absolute atomic E-state index is 11.4. The molecule has 0 aromatic heterocycles. The molecule has 0 aromatic carbocycles. The zero-order chi connectivity index (χ0) is 10.8. The average molecular weight is 216 g/mol. The molecule has 1 amide bonds. The minimum Gasteiger partial charge on any atom is -0.339 e. The Labute approximate surface area is 91.9 Å². The summed E-state index contributed by atoms with van der Waals surface area (Å²) in [4.78, 5) is 15.7. The fourth-order valence-corrected chi connectivity index (χ4v) is 1.93. The normalized spacial score (nSPS) is 19.9. The fraction of sp³-hybridized carbons (Fsp3) is 0.900. The van der Waals surface area contributed by atoms with Crippen LogP contribution in [-0.4, -0.2) is 53.2 Å². The van der Waals surface area contributed by atoms with Crippen molar-refractivity contribution < 1.29 is 4.79 Å². The van der Waals surface area contributed by atoms with Crippen LogP contribution in [0.25, 0.3) is 0 Å². The van der Waals surface area contributed by atoms with Gasteiger partial charge < -0.3 is 4.90 Å². The molecule has 14 heavy (non-hydrogen) atoms. The van der Waals surface area contributed by atoms with Gasteiger partial charge in [-0.15, -0.1) is 0 Å². The Bertz CT molecular complexity index is 205. The summed E-state index contributed by atoms with van der Waals surface area (Å²) < 4.78 is 0. The van der Waals surface area contributed by atoms with Gasteiger partial charge in [0.1, 0.15) is 0 Å². The molecule has 0 saturated carbocycles. The van der Waals surface area contributed by atoms with E-state index in [1.165, 1.54) is 0 Å². The third kappa shape index (κ3) is 2.89. The number of carbonyl (C=O) groups is 1. The summed E-state index contributed by atoms with van der Waals surface area (Å²) in [6, 6.07) is 0. The number of thiol groups is 1. The molecule has 1 aliphatic rings. The summed E-state index contributed by atoms with van der Waals surface area (Å²) in [5.74, 6) is 0.483. The first-order chi connectivity index (χ1) is 6.45. The van der Waals surface area contributed by atoms with Gasteiger partial charge in [-0.2, -0.15) is 12.6 Å². The summed E-state index contributed by atoms with van der Waals surface area (Å²) in [7, 11) is 0. The van der Waals surface area contributed by atoms with Gasteiger partial charge in [-0.3, -0.25) is 9.69 Å². The first-order valence-electron chi connectivity index (χ1n) is 5.09. The second kappa shape index (κ2) is 4.53. The molecule has 3 nitrogen and oxygen atoms in total. The minimum absolute atomic E-state index is 0.155. The van der Waals surface area contributed by atoms with Crippen molar-refractivity contribution >= 4 is 18.5 Å². The Hall–Kier alpha value is -0.220. The van der Waals surface area contributed by atoms with Crippen LogP contribution in [0.15, 0.2) is 0 Å². The van der Waals surface area contributed by atoms with E-state index in [2.05, 4.69) is 38.3 Å². The molecule has 4 heteroatoms. The lowest BCUT2D eigenvalue weighted by Gasteiger charge is -2.42. The van der Waals surface area contributed by atoms with E-state index in [1.807, 2.05) is 4.90 Å². The van der Waals surface area contributed by atoms with Crippen molar-refractivity contribution in [2.24, 2.45) is 0 Å². The second-order valence-electron chi connectivity index (χ2n) is 4.70. The molecule has 0 spiro atoms. The molecule has 0 N–H and O–H groups in total. The van der Waals surface area contributed by atoms with Crippen LogP contribution in [0, 0.1) is 0 Å². The van der Waals surface area contributed by atoms with Gasteiger partial charge in [-0.05, 0) is 20.8 Å². The highest BCUT2D eigenvalue weighted by atomic mass is 32.1. The molecule has 0 bridgehead atoms. The van der Waals surface area contributed by atoms with E-state index in [0.29, 0.717) is 5.75 Å². The predicted octanol–water partition coefficient (Wildman–Crippen LogP) is 0.859. The van der Waals surface area contributed by atoms with Gasteiger partial charge in [-0.25, -0.2) is 0 Å². The van der Waals surface area contributed by atoms with E-state index in [1.54, 1.807) is 0 Å². The molecular weight excluding hydrogens is 196 g/mol. The van der Waals surface area contributed by atoms with Crippen molar-refractivity contribution in [2.45, 2.75) is 26.3 Å². The van der Waals surface area contributed by atoms with Gasteiger partial charge >= 0.3 is 0 Å². The van der Waals surface area contributed by atoms with E-state index in [-0.39, 0.29) is 11.4 Å². The number of hydrogen-bond acceptors (Lipinski definition) is 3. The highest BCUT2D eigenvalue weighted by molar-refractivity contribution is 7.81. The van der Waals surface area contributed by atoms with Crippen LogP contribution < -0.4 is 0 Å². The molecule has 0 radical (unpaired) electrons. The lowest BCUT2D eigenvalue weighted by atomic mass is 10.1. The molecule has 0 aliphatic carbocycles. The van der Waals surface area contributed by atoms with Crippen LogP contribution in [0.5, 0.6) is 0 Å². The smallest absolute Gasteiger partial charge is 0.232 e. The van der Waals surface area contributed by atoms with Gasteiger partial charge in [0, 0.05) is 31.7 Å². The Kier molecular flexibility index (Phi) is 3.84. The van der Waals surface area contributed by atoms with Gasteiger partial charge in [0.25, 0.3) is 0 Å². The van der Waals surface area contributed by atoms with Crippen molar-refractivity contribution in [3.8, 4) is 0 Å². The molecular formula is C10H20N2OS. The third-order valence-electron chi connectivity index (χ3n) is 2.72. The summed E-state index contributed by atoms with van der Waals surface area (Å²) in [5.41, 5.74) is 0.218. The zero-order valence-electron chi connectivity index (χ0n) is 9.29. The zero-order valence-corrected chi connectivity index (χ0v) is 10.2. The average Bonchev–Trinajstić information content (AvgIpc) is 2.15.